The van der Waals surface area contributed by atoms with Crippen LogP contribution in [0.25, 0.3) is 0 Å². The molecule has 0 saturated heterocycles. The van der Waals surface area contributed by atoms with Crippen LogP contribution in [0.5, 0.6) is 0 Å². The maximum Gasteiger partial charge on any atom is 0.411 e. The molecule has 2 rings (SSSR count). The summed E-state index contributed by atoms with van der Waals surface area (Å²) in [5.41, 5.74) is 5.01. The molecule has 19 heavy (non-hydrogen) atoms. The first-order valence-corrected chi connectivity index (χ1v) is 6.47. The van der Waals surface area contributed by atoms with E-state index in [0.717, 1.165) is 11.8 Å². The number of nitrogens with zero attached hydrogens (tertiary/aromatic N) is 1. The smallest absolute Gasteiger partial charge is 0.385 e. The third kappa shape index (κ3) is 2.78. The van der Waals surface area contributed by atoms with Crippen molar-refractivity contribution in [3.63, 3.8) is 0 Å². The molecule has 1 aromatic rings. The number of rotatable bonds is 1. The van der Waals surface area contributed by atoms with Gasteiger partial charge in [-0.25, -0.2) is 14.2 Å². The minimum atomic E-state index is -0.936. The van der Waals surface area contributed by atoms with Gasteiger partial charge in [0.15, 0.2) is 0 Å². The average molecular weight is 280 g/mol. The van der Waals surface area contributed by atoms with Crippen LogP contribution in [0.1, 0.15) is 18.1 Å². The van der Waals surface area contributed by atoms with E-state index in [1.165, 1.54) is 0 Å². The van der Waals surface area contributed by atoms with Crippen LogP contribution in [-0.2, 0) is 10.3 Å². The predicted molar refractivity (Wildman–Crippen MR) is 73.3 cm³/mol. The van der Waals surface area contributed by atoms with Crippen LogP contribution >= 0.6 is 11.8 Å². The zero-order valence-corrected chi connectivity index (χ0v) is 11.3. The Morgan fingerprint density at radius 1 is 1.53 bits per heavy atom. The third-order valence-electron chi connectivity index (χ3n) is 2.81. The molecule has 1 atom stereocenters. The maximum atomic E-state index is 14.2. The van der Waals surface area contributed by atoms with Crippen LogP contribution in [-0.4, -0.2) is 11.3 Å². The van der Waals surface area contributed by atoms with Gasteiger partial charge < -0.3 is 10.5 Å². The normalized spacial score (nSPS) is 21.9. The highest BCUT2D eigenvalue weighted by Crippen LogP contribution is 2.35. The summed E-state index contributed by atoms with van der Waals surface area (Å²) >= 11 is 1.12. The van der Waals surface area contributed by atoms with Gasteiger partial charge in [0, 0.05) is 5.56 Å². The van der Waals surface area contributed by atoms with Gasteiger partial charge in [-0.2, -0.15) is 0 Å². The molecular formula is C13H13FN2O2S. The lowest BCUT2D eigenvalue weighted by Crippen LogP contribution is -2.25. The fourth-order valence-electron chi connectivity index (χ4n) is 1.80. The number of thioether (sulfide) groups is 1. The SMILES string of the molecule is Cc1cccc(C2(C)C=CSC(OC(N)=O)=N2)c1F. The number of carbonyl (C=O) groups excluding carboxylic acids is 1. The second kappa shape index (κ2) is 5.05. The van der Waals surface area contributed by atoms with Gasteiger partial charge in [0.1, 0.15) is 11.4 Å². The fraction of sp³-hybridized carbons (Fsp3) is 0.231. The molecule has 1 amide bonds. The summed E-state index contributed by atoms with van der Waals surface area (Å²) in [6.45, 7) is 3.43. The molecule has 0 radical (unpaired) electrons. The van der Waals surface area contributed by atoms with Crippen molar-refractivity contribution in [1.82, 2.24) is 0 Å². The summed E-state index contributed by atoms with van der Waals surface area (Å²) < 4.78 is 18.9. The number of aryl methyl sites for hydroxylation is 1. The van der Waals surface area contributed by atoms with E-state index in [4.69, 9.17) is 10.5 Å². The van der Waals surface area contributed by atoms with Gasteiger partial charge in [-0.3, -0.25) is 0 Å². The second-order valence-electron chi connectivity index (χ2n) is 4.30. The molecule has 0 aliphatic carbocycles. The van der Waals surface area contributed by atoms with Crippen LogP contribution in [0.3, 0.4) is 0 Å². The van der Waals surface area contributed by atoms with Gasteiger partial charge >= 0.3 is 6.09 Å². The molecule has 4 nitrogen and oxygen atoms in total. The zero-order chi connectivity index (χ0) is 14.0. The summed E-state index contributed by atoms with van der Waals surface area (Å²) in [6.07, 6.45) is 0.817. The number of benzene rings is 1. The third-order valence-corrected chi connectivity index (χ3v) is 3.46. The molecule has 1 aromatic carbocycles. The first kappa shape index (κ1) is 13.6. The molecule has 1 aliphatic rings. The lowest BCUT2D eigenvalue weighted by atomic mass is 9.91. The molecule has 6 heteroatoms. The van der Waals surface area contributed by atoms with Gasteiger partial charge in [-0.15, -0.1) is 0 Å². The highest BCUT2D eigenvalue weighted by molar-refractivity contribution is 8.16. The van der Waals surface area contributed by atoms with E-state index in [2.05, 4.69) is 4.99 Å². The first-order valence-electron chi connectivity index (χ1n) is 5.59. The van der Waals surface area contributed by atoms with Crippen molar-refractivity contribution in [2.45, 2.75) is 19.4 Å². The van der Waals surface area contributed by atoms with E-state index >= 15 is 0 Å². The Labute approximate surface area is 114 Å². The van der Waals surface area contributed by atoms with E-state index in [-0.39, 0.29) is 11.0 Å². The summed E-state index contributed by atoms with van der Waals surface area (Å²) in [5.74, 6) is -0.316. The monoisotopic (exact) mass is 280 g/mol. The van der Waals surface area contributed by atoms with Crippen molar-refractivity contribution in [2.24, 2.45) is 10.7 Å². The maximum absolute atomic E-state index is 14.2. The Morgan fingerprint density at radius 3 is 2.95 bits per heavy atom. The van der Waals surface area contributed by atoms with E-state index in [0.29, 0.717) is 11.1 Å². The number of hydrogen-bond donors (Lipinski definition) is 1. The quantitative estimate of drug-likeness (QED) is 0.859. The lowest BCUT2D eigenvalue weighted by molar-refractivity contribution is 0.209. The topological polar surface area (TPSA) is 64.7 Å². The van der Waals surface area contributed by atoms with Crippen LogP contribution in [0.2, 0.25) is 0 Å². The average Bonchev–Trinajstić information content (AvgIpc) is 2.31. The van der Waals surface area contributed by atoms with Crippen LogP contribution in [0.15, 0.2) is 34.7 Å². The summed E-state index contributed by atoms with van der Waals surface area (Å²) in [4.78, 5) is 15.0. The predicted octanol–water partition coefficient (Wildman–Crippen LogP) is 3.06. The van der Waals surface area contributed by atoms with Crippen molar-refractivity contribution in [3.05, 3.63) is 46.6 Å². The van der Waals surface area contributed by atoms with E-state index in [1.807, 2.05) is 0 Å². The number of aliphatic imine (C=N–C) groups is 1. The molecule has 0 spiro atoms. The molecule has 1 unspecified atom stereocenters. The molecule has 0 fully saturated rings. The fourth-order valence-corrected chi connectivity index (χ4v) is 2.62. The number of nitrogens with two attached hydrogens (primary N) is 1. The van der Waals surface area contributed by atoms with Gasteiger partial charge in [-0.05, 0) is 42.7 Å². The second-order valence-corrected chi connectivity index (χ2v) is 5.16. The van der Waals surface area contributed by atoms with Crippen LogP contribution in [0, 0.1) is 12.7 Å². The molecule has 0 saturated carbocycles. The van der Waals surface area contributed by atoms with E-state index in [1.54, 1.807) is 43.5 Å². The molecular weight excluding hydrogens is 267 g/mol. The Balaban J connectivity index is 2.44. The number of amides is 1. The van der Waals surface area contributed by atoms with Gasteiger partial charge in [0.05, 0.1) is 0 Å². The Morgan fingerprint density at radius 2 is 2.26 bits per heavy atom. The highest BCUT2D eigenvalue weighted by atomic mass is 32.2. The number of halogens is 1. The Hall–Kier alpha value is -1.82. The molecule has 0 aromatic heterocycles. The van der Waals surface area contributed by atoms with Crippen molar-refractivity contribution in [2.75, 3.05) is 0 Å². The van der Waals surface area contributed by atoms with Gasteiger partial charge in [-0.1, -0.05) is 18.2 Å². The lowest BCUT2D eigenvalue weighted by Gasteiger charge is -2.26. The minimum Gasteiger partial charge on any atom is -0.385 e. The number of primary amides is 1. The Bertz CT molecular complexity index is 586. The molecule has 1 aliphatic heterocycles. The number of hydrogen-bond acceptors (Lipinski definition) is 4. The van der Waals surface area contributed by atoms with Gasteiger partial charge in [0.2, 0.25) is 0 Å². The van der Waals surface area contributed by atoms with Crippen molar-refractivity contribution in [3.8, 4) is 0 Å². The standard InChI is InChI=1S/C13H13FN2O2S/c1-8-4-3-5-9(10(8)14)13(2)6-7-19-12(16-13)18-11(15)17/h3-7H,1-2H3,(H2,15,17). The molecule has 0 bridgehead atoms. The zero-order valence-electron chi connectivity index (χ0n) is 10.5. The number of carbonyl (C=O) groups is 1. The number of ether oxygens (including phenoxy) is 1. The van der Waals surface area contributed by atoms with Crippen LogP contribution in [0.4, 0.5) is 9.18 Å². The van der Waals surface area contributed by atoms with Crippen LogP contribution < -0.4 is 5.73 Å². The van der Waals surface area contributed by atoms with Crippen molar-refractivity contribution >= 4 is 23.1 Å². The van der Waals surface area contributed by atoms with Gasteiger partial charge in [0.25, 0.3) is 5.23 Å². The highest BCUT2D eigenvalue weighted by Gasteiger charge is 2.30. The summed E-state index contributed by atoms with van der Waals surface area (Å²) in [6, 6.07) is 5.11. The first-order chi connectivity index (χ1) is 8.92. The molecule has 1 heterocycles. The van der Waals surface area contributed by atoms with E-state index < -0.39 is 11.6 Å². The largest absolute Gasteiger partial charge is 0.411 e. The summed E-state index contributed by atoms with van der Waals surface area (Å²) in [5, 5.41) is 1.81. The summed E-state index contributed by atoms with van der Waals surface area (Å²) in [7, 11) is 0. The van der Waals surface area contributed by atoms with Crippen molar-refractivity contribution < 1.29 is 13.9 Å². The Kier molecular flexibility index (Phi) is 3.61. The van der Waals surface area contributed by atoms with Crippen molar-refractivity contribution in [1.29, 1.82) is 0 Å². The minimum absolute atomic E-state index is 0.110. The molecule has 2 N–H and O–H groups in total. The molecule has 100 valence electrons. The van der Waals surface area contributed by atoms with E-state index in [9.17, 15) is 9.18 Å².